The second-order valence-corrected chi connectivity index (χ2v) is 8.73. The molecule has 34 heavy (non-hydrogen) atoms. The van der Waals surface area contributed by atoms with E-state index in [2.05, 4.69) is 38.4 Å². The Morgan fingerprint density at radius 2 is 1.94 bits per heavy atom. The monoisotopic (exact) mass is 455 g/mol. The van der Waals surface area contributed by atoms with Crippen LogP contribution in [0.3, 0.4) is 0 Å². The van der Waals surface area contributed by atoms with Crippen molar-refractivity contribution in [2.45, 2.75) is 26.7 Å². The van der Waals surface area contributed by atoms with Crippen molar-refractivity contribution in [3.63, 3.8) is 0 Å². The van der Waals surface area contributed by atoms with Crippen LogP contribution in [0.25, 0.3) is 23.2 Å². The average Bonchev–Trinajstić information content (AvgIpc) is 3.24. The highest BCUT2D eigenvalue weighted by Gasteiger charge is 2.16. The number of morpholine rings is 1. The van der Waals surface area contributed by atoms with Crippen LogP contribution in [0.4, 0.5) is 5.69 Å². The molecule has 0 radical (unpaired) electrons. The van der Waals surface area contributed by atoms with Gasteiger partial charge in [0.2, 0.25) is 0 Å². The number of nitrogens with one attached hydrogen (secondary N) is 2. The molecule has 0 atom stereocenters. The second kappa shape index (κ2) is 9.65. The summed E-state index contributed by atoms with van der Waals surface area (Å²) in [7, 11) is 0. The summed E-state index contributed by atoms with van der Waals surface area (Å²) >= 11 is 0. The number of anilines is 1. The standard InChI is InChI=1S/C27H29N5O2/c1-18-8-10-28-25(15-18)27(33)31-22-7-6-20(16-19(22)2)24-17-21-23(30-24)5-3-4-9-29-26(21)32-11-13-34-14-12-32/h5-10,15-17,30H,3-4,11-14H2,1-2H3,(H,31,33)/b23-5+,26-21+,29-9-. The van der Waals surface area contributed by atoms with Gasteiger partial charge in [0.05, 0.1) is 13.2 Å². The molecular weight excluding hydrogens is 426 g/mol. The van der Waals surface area contributed by atoms with Gasteiger partial charge in [-0.3, -0.25) is 9.78 Å². The van der Waals surface area contributed by atoms with Crippen LogP contribution in [-0.4, -0.2) is 53.3 Å². The number of aliphatic imine (C=N–C) groups is 1. The predicted octanol–water partition coefficient (Wildman–Crippen LogP) is 2.99. The Hall–Kier alpha value is -3.71. The molecule has 2 aliphatic rings. The fourth-order valence-corrected chi connectivity index (χ4v) is 4.34. The molecule has 4 heterocycles. The third-order valence-corrected chi connectivity index (χ3v) is 6.19. The first-order chi connectivity index (χ1) is 16.6. The Labute approximate surface area is 198 Å². The molecule has 0 unspecified atom stereocenters. The van der Waals surface area contributed by atoms with Gasteiger partial charge in [0.25, 0.3) is 5.91 Å². The van der Waals surface area contributed by atoms with E-state index in [1.807, 2.05) is 38.3 Å². The van der Waals surface area contributed by atoms with Crippen LogP contribution < -0.4 is 15.9 Å². The summed E-state index contributed by atoms with van der Waals surface area (Å²) in [5, 5.41) is 5.21. The van der Waals surface area contributed by atoms with Crippen molar-refractivity contribution in [3.05, 3.63) is 70.0 Å². The second-order valence-electron chi connectivity index (χ2n) is 8.73. The van der Waals surface area contributed by atoms with E-state index in [0.717, 1.165) is 83.6 Å². The SMILES string of the molecule is Cc1ccnc(C(=O)Nc2ccc(-c3cc4/c([nH]3)=C\CC/C=N\C=4N3CCOCC3)cc2C)c1. The molecule has 7 nitrogen and oxygen atoms in total. The lowest BCUT2D eigenvalue weighted by molar-refractivity contribution is 0.0627. The number of carbonyl (C=O) groups excluding carboxylic acids is 1. The first-order valence-corrected chi connectivity index (χ1v) is 11.7. The fourth-order valence-electron chi connectivity index (χ4n) is 4.34. The molecular formula is C27H29N5O2. The van der Waals surface area contributed by atoms with Crippen molar-refractivity contribution < 1.29 is 9.53 Å². The van der Waals surface area contributed by atoms with E-state index in [1.54, 1.807) is 12.3 Å². The maximum Gasteiger partial charge on any atom is 0.274 e. The fraction of sp³-hybridized carbons (Fsp3) is 0.296. The number of pyridine rings is 1. The van der Waals surface area contributed by atoms with E-state index in [4.69, 9.17) is 9.73 Å². The number of carbonyl (C=O) groups is 1. The van der Waals surface area contributed by atoms with Gasteiger partial charge in [0, 0.05) is 47.5 Å². The van der Waals surface area contributed by atoms with E-state index < -0.39 is 0 Å². The highest BCUT2D eigenvalue weighted by molar-refractivity contribution is 6.03. The lowest BCUT2D eigenvalue weighted by Gasteiger charge is -2.28. The number of fused-ring (bicyclic) bond motifs is 1. The first-order valence-electron chi connectivity index (χ1n) is 11.7. The number of amides is 1. The zero-order chi connectivity index (χ0) is 23.5. The zero-order valence-corrected chi connectivity index (χ0v) is 19.6. The maximum atomic E-state index is 12.6. The minimum Gasteiger partial charge on any atom is -0.378 e. The molecule has 174 valence electrons. The van der Waals surface area contributed by atoms with Gasteiger partial charge in [0.1, 0.15) is 11.5 Å². The van der Waals surface area contributed by atoms with Crippen LogP contribution in [0.2, 0.25) is 0 Å². The van der Waals surface area contributed by atoms with Crippen LogP contribution in [0, 0.1) is 13.8 Å². The lowest BCUT2D eigenvalue weighted by atomic mass is 10.1. The average molecular weight is 456 g/mol. The van der Waals surface area contributed by atoms with Gasteiger partial charge < -0.3 is 19.9 Å². The topological polar surface area (TPSA) is 82.6 Å². The predicted molar refractivity (Wildman–Crippen MR) is 135 cm³/mol. The first kappa shape index (κ1) is 22.1. The van der Waals surface area contributed by atoms with E-state index in [0.29, 0.717) is 5.69 Å². The van der Waals surface area contributed by atoms with Gasteiger partial charge >= 0.3 is 0 Å². The molecule has 2 N–H and O–H groups in total. The van der Waals surface area contributed by atoms with Crippen LogP contribution in [-0.2, 0) is 4.74 Å². The summed E-state index contributed by atoms with van der Waals surface area (Å²) in [4.78, 5) is 27.6. The minimum absolute atomic E-state index is 0.209. The normalized spacial score (nSPS) is 19.4. The molecule has 0 aliphatic carbocycles. The molecule has 7 heteroatoms. The number of rotatable bonds is 4. The highest BCUT2D eigenvalue weighted by Crippen LogP contribution is 2.23. The Morgan fingerprint density at radius 3 is 2.74 bits per heavy atom. The molecule has 2 aliphatic heterocycles. The Morgan fingerprint density at radius 1 is 1.09 bits per heavy atom. The molecule has 3 aromatic rings. The lowest BCUT2D eigenvalue weighted by Crippen LogP contribution is -2.39. The zero-order valence-electron chi connectivity index (χ0n) is 19.6. The van der Waals surface area contributed by atoms with Crippen molar-refractivity contribution in [3.8, 4) is 11.3 Å². The van der Waals surface area contributed by atoms with E-state index in [1.165, 1.54) is 0 Å². The molecule has 1 amide bonds. The third-order valence-electron chi connectivity index (χ3n) is 6.19. The molecule has 2 aromatic heterocycles. The summed E-state index contributed by atoms with van der Waals surface area (Å²) in [5.41, 5.74) is 5.28. The summed E-state index contributed by atoms with van der Waals surface area (Å²) in [6.07, 6.45) is 7.79. The number of aromatic nitrogens is 2. The molecule has 1 saturated heterocycles. The number of ether oxygens (including phenoxy) is 1. The van der Waals surface area contributed by atoms with Crippen molar-refractivity contribution in [1.82, 2.24) is 14.9 Å². The highest BCUT2D eigenvalue weighted by atomic mass is 16.5. The van der Waals surface area contributed by atoms with Gasteiger partial charge in [-0.1, -0.05) is 12.1 Å². The summed E-state index contributed by atoms with van der Waals surface area (Å²) in [5.74, 6) is 0.794. The number of aryl methyl sites for hydroxylation is 2. The van der Waals surface area contributed by atoms with E-state index in [-0.39, 0.29) is 5.91 Å². The quantitative estimate of drug-likeness (QED) is 0.634. The summed E-state index contributed by atoms with van der Waals surface area (Å²) < 4.78 is 5.54. The van der Waals surface area contributed by atoms with Crippen molar-refractivity contribution >= 4 is 29.7 Å². The minimum atomic E-state index is -0.209. The molecule has 0 spiro atoms. The molecule has 0 bridgehead atoms. The smallest absolute Gasteiger partial charge is 0.274 e. The number of aromatic amines is 1. The number of hydrogen-bond acceptors (Lipinski definition) is 5. The van der Waals surface area contributed by atoms with Gasteiger partial charge in [-0.15, -0.1) is 0 Å². The van der Waals surface area contributed by atoms with E-state index in [9.17, 15) is 4.79 Å². The number of benzene rings is 1. The Kier molecular flexibility index (Phi) is 6.27. The van der Waals surface area contributed by atoms with Gasteiger partial charge in [0.15, 0.2) is 0 Å². The van der Waals surface area contributed by atoms with Crippen LogP contribution >= 0.6 is 0 Å². The number of nitrogens with zero attached hydrogens (tertiary/aromatic N) is 3. The van der Waals surface area contributed by atoms with Crippen LogP contribution in [0.1, 0.15) is 34.5 Å². The maximum absolute atomic E-state index is 12.6. The van der Waals surface area contributed by atoms with Crippen molar-refractivity contribution in [2.24, 2.45) is 4.99 Å². The Balaban J connectivity index is 1.47. The third kappa shape index (κ3) is 4.65. The molecule has 1 fully saturated rings. The molecule has 1 aromatic carbocycles. The molecule has 0 saturated carbocycles. The largest absolute Gasteiger partial charge is 0.378 e. The van der Waals surface area contributed by atoms with E-state index >= 15 is 0 Å². The summed E-state index contributed by atoms with van der Waals surface area (Å²) in [6.45, 7) is 7.08. The van der Waals surface area contributed by atoms with Gasteiger partial charge in [-0.2, -0.15) is 0 Å². The number of H-pyrrole nitrogens is 1. The number of hydrogen-bond donors (Lipinski definition) is 2. The van der Waals surface area contributed by atoms with Gasteiger partial charge in [-0.25, -0.2) is 4.99 Å². The van der Waals surface area contributed by atoms with Gasteiger partial charge in [-0.05, 0) is 73.7 Å². The van der Waals surface area contributed by atoms with Crippen molar-refractivity contribution in [1.29, 1.82) is 0 Å². The molecule has 5 rings (SSSR count). The summed E-state index contributed by atoms with van der Waals surface area (Å²) in [6, 6.07) is 11.9. The van der Waals surface area contributed by atoms with Crippen LogP contribution in [0.5, 0.6) is 0 Å². The van der Waals surface area contributed by atoms with Crippen LogP contribution in [0.15, 0.2) is 47.6 Å². The van der Waals surface area contributed by atoms with Crippen molar-refractivity contribution in [2.75, 3.05) is 31.6 Å². The Bertz CT molecular complexity index is 1370.